The van der Waals surface area contributed by atoms with Crippen LogP contribution >= 0.6 is 0 Å². The molecule has 1 N–H and O–H groups in total. The summed E-state index contributed by atoms with van der Waals surface area (Å²) in [6.45, 7) is 4.60. The van der Waals surface area contributed by atoms with Gasteiger partial charge in [-0.2, -0.15) is 0 Å². The van der Waals surface area contributed by atoms with Crippen LogP contribution < -0.4 is 24.6 Å². The Morgan fingerprint density at radius 1 is 0.789 bits per heavy atom. The van der Waals surface area contributed by atoms with Crippen LogP contribution in [0.4, 0.5) is 17.1 Å². The van der Waals surface area contributed by atoms with Gasteiger partial charge in [-0.25, -0.2) is 0 Å². The molecule has 0 atom stereocenters. The first-order valence-electron chi connectivity index (χ1n) is 13.2. The zero-order valence-electron chi connectivity index (χ0n) is 21.8. The molecule has 0 bridgehead atoms. The maximum Gasteiger partial charge on any atom is 0.262 e. The van der Waals surface area contributed by atoms with Crippen LogP contribution in [-0.4, -0.2) is 69.7 Å². The van der Waals surface area contributed by atoms with Crippen molar-refractivity contribution in [1.29, 1.82) is 0 Å². The Bertz CT molecular complexity index is 1250. The molecule has 0 unspecified atom stereocenters. The topological polar surface area (TPSA) is 74.4 Å². The molecule has 38 heavy (non-hydrogen) atoms. The number of benzene rings is 3. The normalized spacial score (nSPS) is 15.3. The van der Waals surface area contributed by atoms with E-state index in [-0.39, 0.29) is 18.4 Å². The van der Waals surface area contributed by atoms with E-state index in [0.29, 0.717) is 17.0 Å². The number of ether oxygens (including phenoxy) is 2. The molecule has 8 heteroatoms. The zero-order chi connectivity index (χ0) is 26.3. The number of nitrogens with one attached hydrogen (secondary N) is 1. The fourth-order valence-electron chi connectivity index (χ4n) is 5.09. The van der Waals surface area contributed by atoms with E-state index in [4.69, 9.17) is 9.47 Å². The molecule has 3 aromatic rings. The molecule has 5 rings (SSSR count). The summed E-state index contributed by atoms with van der Waals surface area (Å²) in [5, 5.41) is 2.89. The lowest BCUT2D eigenvalue weighted by molar-refractivity contribution is -0.118. The number of hydrogen-bond donors (Lipinski definition) is 1. The molecule has 2 amide bonds. The number of rotatable bonds is 8. The molecule has 0 radical (unpaired) electrons. The van der Waals surface area contributed by atoms with Crippen LogP contribution in [0.2, 0.25) is 0 Å². The van der Waals surface area contributed by atoms with Gasteiger partial charge in [0.1, 0.15) is 11.5 Å². The van der Waals surface area contributed by atoms with Crippen molar-refractivity contribution in [3.63, 3.8) is 0 Å². The first-order chi connectivity index (χ1) is 18.6. The maximum absolute atomic E-state index is 13.6. The Morgan fingerprint density at radius 3 is 2.16 bits per heavy atom. The molecule has 2 heterocycles. The van der Waals surface area contributed by atoms with Crippen molar-refractivity contribution in [2.24, 2.45) is 0 Å². The number of carbonyl (C=O) groups excluding carboxylic acids is 2. The van der Waals surface area contributed by atoms with Crippen LogP contribution in [0.1, 0.15) is 23.2 Å². The van der Waals surface area contributed by atoms with Gasteiger partial charge < -0.3 is 29.5 Å². The van der Waals surface area contributed by atoms with Crippen LogP contribution in [0.3, 0.4) is 0 Å². The standard InChI is InChI=1S/C30H34N4O4/c1-37-28-12-6-5-11-27(28)33-19-17-32(18-20-33)26-14-13-23(21-25(26)30(36)34-15-7-8-16-34)31-29(35)22-38-24-9-3-2-4-10-24/h2-6,9-14,21H,7-8,15-20,22H2,1H3,(H,31,35). The Kier molecular flexibility index (Phi) is 7.97. The number of anilines is 3. The van der Waals surface area contributed by atoms with Crippen molar-refractivity contribution in [3.8, 4) is 11.5 Å². The van der Waals surface area contributed by atoms with E-state index in [0.717, 1.165) is 69.2 Å². The Labute approximate surface area is 223 Å². The van der Waals surface area contributed by atoms with Crippen molar-refractivity contribution in [3.05, 3.63) is 78.4 Å². The summed E-state index contributed by atoms with van der Waals surface area (Å²) in [5.74, 6) is 1.24. The molecule has 8 nitrogen and oxygen atoms in total. The number of para-hydroxylation sites is 3. The fourth-order valence-corrected chi connectivity index (χ4v) is 5.09. The van der Waals surface area contributed by atoms with Crippen molar-refractivity contribution in [2.75, 3.05) is 68.1 Å². The van der Waals surface area contributed by atoms with Gasteiger partial charge in [0, 0.05) is 50.6 Å². The van der Waals surface area contributed by atoms with Crippen molar-refractivity contribution in [1.82, 2.24) is 4.90 Å². The van der Waals surface area contributed by atoms with E-state index >= 15 is 0 Å². The number of methoxy groups -OCH3 is 1. The molecule has 2 aliphatic rings. The first kappa shape index (κ1) is 25.4. The van der Waals surface area contributed by atoms with E-state index in [9.17, 15) is 9.59 Å². The molecule has 0 saturated carbocycles. The number of hydrogen-bond acceptors (Lipinski definition) is 6. The number of piperazine rings is 1. The van der Waals surface area contributed by atoms with E-state index < -0.39 is 0 Å². The van der Waals surface area contributed by atoms with Gasteiger partial charge in [-0.1, -0.05) is 30.3 Å². The van der Waals surface area contributed by atoms with Gasteiger partial charge in [0.15, 0.2) is 6.61 Å². The lowest BCUT2D eigenvalue weighted by Gasteiger charge is -2.38. The number of likely N-dealkylation sites (tertiary alicyclic amines) is 1. The molecule has 2 fully saturated rings. The minimum Gasteiger partial charge on any atom is -0.495 e. The fraction of sp³-hybridized carbons (Fsp3) is 0.333. The Balaban J connectivity index is 1.31. The van der Waals surface area contributed by atoms with Gasteiger partial charge in [-0.3, -0.25) is 9.59 Å². The maximum atomic E-state index is 13.6. The molecule has 2 saturated heterocycles. The van der Waals surface area contributed by atoms with Crippen LogP contribution in [0.25, 0.3) is 0 Å². The molecule has 3 aromatic carbocycles. The number of nitrogens with zero attached hydrogens (tertiary/aromatic N) is 3. The summed E-state index contributed by atoms with van der Waals surface area (Å²) in [5.41, 5.74) is 3.20. The van der Waals surface area contributed by atoms with Crippen molar-refractivity contribution >= 4 is 28.9 Å². The SMILES string of the molecule is COc1ccccc1N1CCN(c2ccc(NC(=O)COc3ccccc3)cc2C(=O)N2CCCC2)CC1. The van der Waals surface area contributed by atoms with Crippen LogP contribution in [0.15, 0.2) is 72.8 Å². The molecular weight excluding hydrogens is 480 g/mol. The zero-order valence-corrected chi connectivity index (χ0v) is 21.8. The highest BCUT2D eigenvalue weighted by Gasteiger charge is 2.27. The molecule has 198 valence electrons. The van der Waals surface area contributed by atoms with Gasteiger partial charge in [-0.15, -0.1) is 0 Å². The average Bonchev–Trinajstić information content (AvgIpc) is 3.52. The first-order valence-corrected chi connectivity index (χ1v) is 13.2. The minimum atomic E-state index is -0.272. The minimum absolute atomic E-state index is 0.0151. The van der Waals surface area contributed by atoms with Crippen LogP contribution in [0.5, 0.6) is 11.5 Å². The number of amides is 2. The highest BCUT2D eigenvalue weighted by Crippen LogP contribution is 2.32. The van der Waals surface area contributed by atoms with Crippen LogP contribution in [-0.2, 0) is 4.79 Å². The third-order valence-electron chi connectivity index (χ3n) is 7.06. The molecule has 0 aliphatic carbocycles. The number of carbonyl (C=O) groups is 2. The predicted octanol–water partition coefficient (Wildman–Crippen LogP) is 4.28. The third kappa shape index (κ3) is 5.85. The predicted molar refractivity (Wildman–Crippen MR) is 150 cm³/mol. The van der Waals surface area contributed by atoms with Gasteiger partial charge in [0.05, 0.1) is 18.4 Å². The Hall–Kier alpha value is -4.20. The molecule has 0 aromatic heterocycles. The van der Waals surface area contributed by atoms with Gasteiger partial charge in [-0.05, 0) is 55.3 Å². The quantitative estimate of drug-likeness (QED) is 0.484. The molecule has 2 aliphatic heterocycles. The van der Waals surface area contributed by atoms with E-state index in [1.807, 2.05) is 71.6 Å². The highest BCUT2D eigenvalue weighted by atomic mass is 16.5. The smallest absolute Gasteiger partial charge is 0.262 e. The van der Waals surface area contributed by atoms with Gasteiger partial charge in [0.2, 0.25) is 0 Å². The summed E-state index contributed by atoms with van der Waals surface area (Å²) in [7, 11) is 1.69. The average molecular weight is 515 g/mol. The largest absolute Gasteiger partial charge is 0.495 e. The molecular formula is C30H34N4O4. The lowest BCUT2D eigenvalue weighted by atomic mass is 10.1. The lowest BCUT2D eigenvalue weighted by Crippen LogP contribution is -2.47. The second-order valence-electron chi connectivity index (χ2n) is 9.53. The summed E-state index contributed by atoms with van der Waals surface area (Å²) in [4.78, 5) is 32.6. The summed E-state index contributed by atoms with van der Waals surface area (Å²) in [6, 6.07) is 22.9. The van der Waals surface area contributed by atoms with Gasteiger partial charge in [0.25, 0.3) is 11.8 Å². The highest BCUT2D eigenvalue weighted by molar-refractivity contribution is 6.02. The van der Waals surface area contributed by atoms with Gasteiger partial charge >= 0.3 is 0 Å². The summed E-state index contributed by atoms with van der Waals surface area (Å²) < 4.78 is 11.1. The summed E-state index contributed by atoms with van der Waals surface area (Å²) >= 11 is 0. The van der Waals surface area contributed by atoms with E-state index in [1.54, 1.807) is 7.11 Å². The van der Waals surface area contributed by atoms with Crippen molar-refractivity contribution < 1.29 is 19.1 Å². The van der Waals surface area contributed by atoms with Crippen LogP contribution in [0, 0.1) is 0 Å². The third-order valence-corrected chi connectivity index (χ3v) is 7.06. The van der Waals surface area contributed by atoms with E-state index in [2.05, 4.69) is 21.2 Å². The van der Waals surface area contributed by atoms with Crippen molar-refractivity contribution in [2.45, 2.75) is 12.8 Å². The summed E-state index contributed by atoms with van der Waals surface area (Å²) in [6.07, 6.45) is 2.04. The monoisotopic (exact) mass is 514 g/mol. The van der Waals surface area contributed by atoms with E-state index in [1.165, 1.54) is 0 Å². The Morgan fingerprint density at radius 2 is 1.45 bits per heavy atom. The second-order valence-corrected chi connectivity index (χ2v) is 9.53. The molecule has 0 spiro atoms. The second kappa shape index (κ2) is 11.9.